The van der Waals surface area contributed by atoms with Gasteiger partial charge in [-0.2, -0.15) is 0 Å². The molecule has 1 aliphatic rings. The summed E-state index contributed by atoms with van der Waals surface area (Å²) in [6, 6.07) is -0.192. The van der Waals surface area contributed by atoms with Crippen molar-refractivity contribution in [1.29, 1.82) is 0 Å². The Morgan fingerprint density at radius 3 is 2.45 bits per heavy atom. The normalized spacial score (nSPS) is 20.4. The smallest absolute Gasteiger partial charge is 0.152 e. The molecular formula is C9H17NO. The summed E-state index contributed by atoms with van der Waals surface area (Å²) < 4.78 is 0. The molecule has 1 atom stereocenters. The van der Waals surface area contributed by atoms with Gasteiger partial charge in [0, 0.05) is 5.92 Å². The number of Topliss-reactive ketones (excluding diaryl/α,β-unsaturated/α-hetero) is 1. The number of hydrogen-bond donors (Lipinski definition) is 1. The summed E-state index contributed by atoms with van der Waals surface area (Å²) in [5, 5.41) is 0. The van der Waals surface area contributed by atoms with Gasteiger partial charge in [-0.05, 0) is 25.2 Å². The van der Waals surface area contributed by atoms with Crippen molar-refractivity contribution in [2.45, 2.75) is 39.2 Å². The molecule has 0 unspecified atom stereocenters. The van der Waals surface area contributed by atoms with E-state index in [1.807, 2.05) is 0 Å². The predicted octanol–water partition coefficient (Wildman–Crippen LogP) is 1.34. The van der Waals surface area contributed by atoms with E-state index in [0.29, 0.717) is 17.6 Å². The SMILES string of the molecule is CC(C)C[C@H](N)C(=O)C1CC1. The largest absolute Gasteiger partial charge is 0.321 e. The molecule has 1 saturated carbocycles. The van der Waals surface area contributed by atoms with E-state index >= 15 is 0 Å². The van der Waals surface area contributed by atoms with Gasteiger partial charge in [-0.3, -0.25) is 4.79 Å². The summed E-state index contributed by atoms with van der Waals surface area (Å²) in [6.07, 6.45) is 2.99. The zero-order valence-electron chi connectivity index (χ0n) is 7.34. The molecule has 0 bridgehead atoms. The van der Waals surface area contributed by atoms with Crippen molar-refractivity contribution >= 4 is 5.78 Å². The van der Waals surface area contributed by atoms with Crippen LogP contribution >= 0.6 is 0 Å². The molecule has 1 rings (SSSR count). The molecule has 0 aromatic heterocycles. The average Bonchev–Trinajstić information content (AvgIpc) is 2.65. The first-order valence-corrected chi connectivity index (χ1v) is 4.40. The molecule has 0 saturated heterocycles. The Kier molecular flexibility index (Phi) is 2.66. The molecule has 0 aromatic rings. The summed E-state index contributed by atoms with van der Waals surface area (Å²) >= 11 is 0. The van der Waals surface area contributed by atoms with E-state index in [-0.39, 0.29) is 6.04 Å². The zero-order chi connectivity index (χ0) is 8.43. The quantitative estimate of drug-likeness (QED) is 0.665. The van der Waals surface area contributed by atoms with Crippen molar-refractivity contribution in [3.05, 3.63) is 0 Å². The number of nitrogens with two attached hydrogens (primary N) is 1. The molecule has 11 heavy (non-hydrogen) atoms. The van der Waals surface area contributed by atoms with Gasteiger partial charge < -0.3 is 5.73 Å². The average molecular weight is 155 g/mol. The standard InChI is InChI=1S/C9H17NO/c1-6(2)5-8(10)9(11)7-3-4-7/h6-8H,3-5,10H2,1-2H3/t8-/m0/s1. The van der Waals surface area contributed by atoms with Crippen LogP contribution in [0.15, 0.2) is 0 Å². The van der Waals surface area contributed by atoms with Crippen LogP contribution in [0.3, 0.4) is 0 Å². The molecule has 0 aliphatic heterocycles. The molecule has 1 fully saturated rings. The van der Waals surface area contributed by atoms with Crippen LogP contribution in [0.4, 0.5) is 0 Å². The van der Waals surface area contributed by atoms with Gasteiger partial charge in [-0.15, -0.1) is 0 Å². The molecule has 0 amide bonds. The number of carbonyl (C=O) groups excluding carboxylic acids is 1. The van der Waals surface area contributed by atoms with Crippen LogP contribution in [0.1, 0.15) is 33.1 Å². The Balaban J connectivity index is 2.27. The van der Waals surface area contributed by atoms with Crippen LogP contribution in [0.25, 0.3) is 0 Å². The Bertz CT molecular complexity index is 150. The second-order valence-electron chi connectivity index (χ2n) is 3.91. The van der Waals surface area contributed by atoms with E-state index in [1.165, 1.54) is 0 Å². The summed E-state index contributed by atoms with van der Waals surface area (Å²) in [5.74, 6) is 1.15. The molecule has 0 spiro atoms. The minimum Gasteiger partial charge on any atom is -0.321 e. The lowest BCUT2D eigenvalue weighted by atomic mass is 9.99. The van der Waals surface area contributed by atoms with E-state index in [4.69, 9.17) is 5.73 Å². The van der Waals surface area contributed by atoms with Gasteiger partial charge in [0.05, 0.1) is 6.04 Å². The third kappa shape index (κ3) is 2.62. The summed E-state index contributed by atoms with van der Waals surface area (Å²) in [6.45, 7) is 4.19. The lowest BCUT2D eigenvalue weighted by Gasteiger charge is -2.11. The van der Waals surface area contributed by atoms with Gasteiger partial charge in [0.25, 0.3) is 0 Å². The van der Waals surface area contributed by atoms with E-state index in [2.05, 4.69) is 13.8 Å². The van der Waals surface area contributed by atoms with Crippen LogP contribution in [-0.4, -0.2) is 11.8 Å². The van der Waals surface area contributed by atoms with Crippen LogP contribution in [-0.2, 0) is 4.79 Å². The van der Waals surface area contributed by atoms with Gasteiger partial charge in [0.1, 0.15) is 0 Å². The molecule has 64 valence electrons. The summed E-state index contributed by atoms with van der Waals surface area (Å²) in [5.41, 5.74) is 5.71. The Morgan fingerprint density at radius 1 is 1.55 bits per heavy atom. The first-order chi connectivity index (χ1) is 5.11. The topological polar surface area (TPSA) is 43.1 Å². The van der Waals surface area contributed by atoms with Gasteiger partial charge in [0.15, 0.2) is 5.78 Å². The number of carbonyl (C=O) groups is 1. The zero-order valence-corrected chi connectivity index (χ0v) is 7.34. The molecule has 0 heterocycles. The highest BCUT2D eigenvalue weighted by Crippen LogP contribution is 2.31. The van der Waals surface area contributed by atoms with Crippen molar-refractivity contribution in [3.63, 3.8) is 0 Å². The minimum atomic E-state index is -0.192. The third-order valence-electron chi connectivity index (χ3n) is 2.07. The molecular weight excluding hydrogens is 138 g/mol. The lowest BCUT2D eigenvalue weighted by molar-refractivity contribution is -0.121. The first-order valence-electron chi connectivity index (χ1n) is 4.40. The Morgan fingerprint density at radius 2 is 2.09 bits per heavy atom. The summed E-state index contributed by atoms with van der Waals surface area (Å²) in [7, 11) is 0. The van der Waals surface area contributed by atoms with Crippen molar-refractivity contribution in [3.8, 4) is 0 Å². The van der Waals surface area contributed by atoms with Gasteiger partial charge in [-0.25, -0.2) is 0 Å². The predicted molar refractivity (Wildman–Crippen MR) is 45.2 cm³/mol. The Hall–Kier alpha value is -0.370. The van der Waals surface area contributed by atoms with E-state index in [1.54, 1.807) is 0 Å². The molecule has 1 aliphatic carbocycles. The molecule has 2 nitrogen and oxygen atoms in total. The third-order valence-corrected chi connectivity index (χ3v) is 2.07. The van der Waals surface area contributed by atoms with Crippen molar-refractivity contribution in [1.82, 2.24) is 0 Å². The highest BCUT2D eigenvalue weighted by molar-refractivity contribution is 5.87. The Labute approximate surface area is 68.2 Å². The van der Waals surface area contributed by atoms with E-state index in [9.17, 15) is 4.79 Å². The number of rotatable bonds is 4. The lowest BCUT2D eigenvalue weighted by Crippen LogP contribution is -2.32. The maximum Gasteiger partial charge on any atom is 0.152 e. The van der Waals surface area contributed by atoms with Gasteiger partial charge >= 0.3 is 0 Å². The maximum atomic E-state index is 11.3. The highest BCUT2D eigenvalue weighted by Gasteiger charge is 2.32. The molecule has 2 N–H and O–H groups in total. The second kappa shape index (κ2) is 3.35. The van der Waals surface area contributed by atoms with Gasteiger partial charge in [-0.1, -0.05) is 13.8 Å². The molecule has 0 aromatic carbocycles. The number of ketones is 1. The second-order valence-corrected chi connectivity index (χ2v) is 3.91. The number of hydrogen-bond acceptors (Lipinski definition) is 2. The fraction of sp³-hybridized carbons (Fsp3) is 0.889. The summed E-state index contributed by atoms with van der Waals surface area (Å²) in [4.78, 5) is 11.3. The fourth-order valence-electron chi connectivity index (χ4n) is 1.29. The highest BCUT2D eigenvalue weighted by atomic mass is 16.1. The first kappa shape index (κ1) is 8.72. The van der Waals surface area contributed by atoms with Crippen LogP contribution < -0.4 is 5.73 Å². The minimum absolute atomic E-state index is 0.192. The van der Waals surface area contributed by atoms with Crippen molar-refractivity contribution < 1.29 is 4.79 Å². The van der Waals surface area contributed by atoms with Crippen LogP contribution in [0.2, 0.25) is 0 Å². The molecule has 2 heteroatoms. The monoisotopic (exact) mass is 155 g/mol. The van der Waals surface area contributed by atoms with Crippen molar-refractivity contribution in [2.24, 2.45) is 17.6 Å². The van der Waals surface area contributed by atoms with Crippen LogP contribution in [0.5, 0.6) is 0 Å². The fourth-order valence-corrected chi connectivity index (χ4v) is 1.29. The van der Waals surface area contributed by atoms with E-state index in [0.717, 1.165) is 19.3 Å². The van der Waals surface area contributed by atoms with Crippen molar-refractivity contribution in [2.75, 3.05) is 0 Å². The maximum absolute atomic E-state index is 11.3. The van der Waals surface area contributed by atoms with E-state index < -0.39 is 0 Å². The molecule has 0 radical (unpaired) electrons. The van der Waals surface area contributed by atoms with Gasteiger partial charge in [0.2, 0.25) is 0 Å². The van der Waals surface area contributed by atoms with Crippen LogP contribution in [0, 0.1) is 11.8 Å².